The van der Waals surface area contributed by atoms with Crippen molar-refractivity contribution < 1.29 is 18.5 Å². The van der Waals surface area contributed by atoms with E-state index < -0.39 is 5.82 Å². The summed E-state index contributed by atoms with van der Waals surface area (Å²) < 4.78 is 18.4. The van der Waals surface area contributed by atoms with Gasteiger partial charge in [-0.3, -0.25) is 9.59 Å². The molecule has 0 aliphatic carbocycles. The van der Waals surface area contributed by atoms with Crippen LogP contribution in [0.3, 0.4) is 0 Å². The van der Waals surface area contributed by atoms with Crippen LogP contribution in [0.1, 0.15) is 40.0 Å². The van der Waals surface area contributed by atoms with E-state index in [1.807, 2.05) is 6.07 Å². The maximum Gasteiger partial charge on any atom is 0.251 e. The Morgan fingerprint density at radius 2 is 2.07 bits per heavy atom. The van der Waals surface area contributed by atoms with Crippen LogP contribution >= 0.6 is 11.6 Å². The molecule has 0 bridgehead atoms. The molecule has 3 aromatic rings. The van der Waals surface area contributed by atoms with Crippen LogP contribution in [0.5, 0.6) is 0 Å². The summed E-state index contributed by atoms with van der Waals surface area (Å²) in [4.78, 5) is 30.4. The first-order valence-corrected chi connectivity index (χ1v) is 9.75. The van der Waals surface area contributed by atoms with E-state index >= 15 is 0 Å². The predicted molar refractivity (Wildman–Crippen MR) is 106 cm³/mol. The summed E-state index contributed by atoms with van der Waals surface area (Å²) in [6.45, 7) is 0.782. The summed E-state index contributed by atoms with van der Waals surface area (Å²) in [5, 5.41) is 6.96. The molecule has 1 saturated heterocycles. The molecular formula is C21H18ClFN4O3. The van der Waals surface area contributed by atoms with Gasteiger partial charge in [-0.1, -0.05) is 41.0 Å². The molecule has 7 nitrogen and oxygen atoms in total. The zero-order chi connectivity index (χ0) is 21.1. The number of carbonyl (C=O) groups is 2. The van der Waals surface area contributed by atoms with E-state index in [0.717, 1.165) is 0 Å². The molecule has 1 aliphatic rings. The van der Waals surface area contributed by atoms with E-state index in [2.05, 4.69) is 15.5 Å². The molecule has 9 heteroatoms. The monoisotopic (exact) mass is 428 g/mol. The van der Waals surface area contributed by atoms with Gasteiger partial charge >= 0.3 is 0 Å². The van der Waals surface area contributed by atoms with Crippen LogP contribution in [0.2, 0.25) is 5.02 Å². The van der Waals surface area contributed by atoms with Crippen molar-refractivity contribution in [1.82, 2.24) is 20.4 Å². The number of hydrogen-bond acceptors (Lipinski definition) is 5. The van der Waals surface area contributed by atoms with Crippen molar-refractivity contribution in [3.05, 3.63) is 82.2 Å². The van der Waals surface area contributed by atoms with Crippen molar-refractivity contribution in [1.29, 1.82) is 0 Å². The third kappa shape index (κ3) is 4.49. The number of benzene rings is 2. The zero-order valence-corrected chi connectivity index (χ0v) is 16.6. The normalized spacial score (nSPS) is 16.1. The number of carbonyl (C=O) groups excluding carboxylic acids is 2. The lowest BCUT2D eigenvalue weighted by Gasteiger charge is -2.17. The van der Waals surface area contributed by atoms with Gasteiger partial charge in [0.1, 0.15) is 5.82 Å². The highest BCUT2D eigenvalue weighted by Gasteiger charge is 2.34. The topological polar surface area (TPSA) is 88.3 Å². The molecule has 30 heavy (non-hydrogen) atoms. The molecule has 0 spiro atoms. The average molecular weight is 429 g/mol. The summed E-state index contributed by atoms with van der Waals surface area (Å²) in [7, 11) is 0. The van der Waals surface area contributed by atoms with E-state index in [1.165, 1.54) is 12.1 Å². The SMILES string of the molecule is O=C(NCc1nc(C2CC(=O)N(Cc3ccc(F)cc3Cl)C2)no1)c1ccccc1. The second-order valence-corrected chi connectivity index (χ2v) is 7.41. The number of hydrogen-bond donors (Lipinski definition) is 1. The van der Waals surface area contributed by atoms with E-state index in [0.29, 0.717) is 23.5 Å². The van der Waals surface area contributed by atoms with Crippen molar-refractivity contribution in [2.45, 2.75) is 25.4 Å². The smallest absolute Gasteiger partial charge is 0.251 e. The fraction of sp³-hybridized carbons (Fsp3) is 0.238. The third-order valence-electron chi connectivity index (χ3n) is 4.88. The van der Waals surface area contributed by atoms with Crippen LogP contribution in [0.15, 0.2) is 53.1 Å². The molecule has 1 atom stereocenters. The first kappa shape index (κ1) is 20.0. The summed E-state index contributed by atoms with van der Waals surface area (Å²) in [5.41, 5.74) is 1.21. The highest BCUT2D eigenvalue weighted by atomic mass is 35.5. The van der Waals surface area contributed by atoms with Crippen molar-refractivity contribution in [2.75, 3.05) is 6.54 Å². The van der Waals surface area contributed by atoms with E-state index in [-0.39, 0.29) is 48.2 Å². The van der Waals surface area contributed by atoms with Gasteiger partial charge in [-0.15, -0.1) is 0 Å². The zero-order valence-electron chi connectivity index (χ0n) is 15.8. The summed E-state index contributed by atoms with van der Waals surface area (Å²) in [5.74, 6) is -0.272. The molecule has 2 aromatic carbocycles. The minimum Gasteiger partial charge on any atom is -0.343 e. The van der Waals surface area contributed by atoms with Crippen LogP contribution < -0.4 is 5.32 Å². The Morgan fingerprint density at radius 1 is 1.27 bits per heavy atom. The summed E-state index contributed by atoms with van der Waals surface area (Å²) in [6.07, 6.45) is 0.244. The first-order chi connectivity index (χ1) is 14.5. The molecule has 1 aliphatic heterocycles. The maximum atomic E-state index is 13.2. The van der Waals surface area contributed by atoms with Gasteiger partial charge in [0.05, 0.1) is 6.54 Å². The van der Waals surface area contributed by atoms with Crippen LogP contribution in [-0.4, -0.2) is 33.4 Å². The molecule has 4 rings (SSSR count). The fourth-order valence-corrected chi connectivity index (χ4v) is 3.53. The van der Waals surface area contributed by atoms with Crippen LogP contribution in [0.25, 0.3) is 0 Å². The molecule has 0 saturated carbocycles. The van der Waals surface area contributed by atoms with E-state index in [4.69, 9.17) is 16.1 Å². The van der Waals surface area contributed by atoms with Crippen molar-refractivity contribution in [2.24, 2.45) is 0 Å². The molecule has 1 unspecified atom stereocenters. The molecule has 1 N–H and O–H groups in total. The Hall–Kier alpha value is -3.26. The number of halogens is 2. The van der Waals surface area contributed by atoms with E-state index in [1.54, 1.807) is 35.2 Å². The number of nitrogens with zero attached hydrogens (tertiary/aromatic N) is 3. The molecular weight excluding hydrogens is 411 g/mol. The summed E-state index contributed by atoms with van der Waals surface area (Å²) >= 11 is 6.06. The highest BCUT2D eigenvalue weighted by molar-refractivity contribution is 6.31. The molecule has 154 valence electrons. The quantitative estimate of drug-likeness (QED) is 0.650. The third-order valence-corrected chi connectivity index (χ3v) is 5.23. The van der Waals surface area contributed by atoms with Crippen molar-refractivity contribution in [3.8, 4) is 0 Å². The largest absolute Gasteiger partial charge is 0.343 e. The first-order valence-electron chi connectivity index (χ1n) is 9.37. The number of nitrogens with one attached hydrogen (secondary N) is 1. The molecule has 1 fully saturated rings. The van der Waals surface area contributed by atoms with Crippen molar-refractivity contribution >= 4 is 23.4 Å². The Balaban J connectivity index is 1.35. The number of rotatable bonds is 6. The Bertz CT molecular complexity index is 1070. The predicted octanol–water partition coefficient (Wildman–Crippen LogP) is 3.31. The second kappa shape index (κ2) is 8.62. The summed E-state index contributed by atoms with van der Waals surface area (Å²) in [6, 6.07) is 12.9. The molecule has 1 aromatic heterocycles. The molecule has 0 radical (unpaired) electrons. The van der Waals surface area contributed by atoms with Gasteiger partial charge in [0, 0.05) is 36.0 Å². The Kier molecular flexibility index (Phi) is 5.76. The van der Waals surface area contributed by atoms with Gasteiger partial charge in [0.2, 0.25) is 11.8 Å². The lowest BCUT2D eigenvalue weighted by atomic mass is 10.1. The lowest BCUT2D eigenvalue weighted by Crippen LogP contribution is -2.24. The minimum absolute atomic E-state index is 0.0656. The van der Waals surface area contributed by atoms with Gasteiger partial charge < -0.3 is 14.7 Å². The van der Waals surface area contributed by atoms with Gasteiger partial charge in [-0.2, -0.15) is 4.98 Å². The Labute approximate surface area is 176 Å². The second-order valence-electron chi connectivity index (χ2n) is 7.01. The number of likely N-dealkylation sites (tertiary alicyclic amines) is 1. The maximum absolute atomic E-state index is 13.2. The fourth-order valence-electron chi connectivity index (χ4n) is 3.31. The molecule has 2 amide bonds. The number of aromatic nitrogens is 2. The minimum atomic E-state index is -0.423. The lowest BCUT2D eigenvalue weighted by molar-refractivity contribution is -0.128. The van der Waals surface area contributed by atoms with Crippen LogP contribution in [0, 0.1) is 5.82 Å². The Morgan fingerprint density at radius 3 is 2.83 bits per heavy atom. The molecule has 2 heterocycles. The van der Waals surface area contributed by atoms with Crippen molar-refractivity contribution in [3.63, 3.8) is 0 Å². The average Bonchev–Trinajstić information content (AvgIpc) is 3.36. The van der Waals surface area contributed by atoms with Crippen LogP contribution in [-0.2, 0) is 17.9 Å². The van der Waals surface area contributed by atoms with Gasteiger partial charge in [-0.05, 0) is 29.8 Å². The number of amides is 2. The van der Waals surface area contributed by atoms with Gasteiger partial charge in [0.15, 0.2) is 5.82 Å². The highest BCUT2D eigenvalue weighted by Crippen LogP contribution is 2.29. The van der Waals surface area contributed by atoms with Crippen LogP contribution in [0.4, 0.5) is 4.39 Å². The standard InChI is InChI=1S/C21H18ClFN4O3/c22-17-9-16(23)7-6-14(17)11-27-12-15(8-19(27)28)20-25-18(30-26-20)10-24-21(29)13-4-2-1-3-5-13/h1-7,9,15H,8,10-12H2,(H,24,29). The van der Waals surface area contributed by atoms with E-state index in [9.17, 15) is 14.0 Å². The van der Waals surface area contributed by atoms with Gasteiger partial charge in [0.25, 0.3) is 5.91 Å². The van der Waals surface area contributed by atoms with Gasteiger partial charge in [-0.25, -0.2) is 4.39 Å².